The van der Waals surface area contributed by atoms with Crippen LogP contribution in [0.3, 0.4) is 0 Å². The summed E-state index contributed by atoms with van der Waals surface area (Å²) in [6, 6.07) is 15.1. The van der Waals surface area contributed by atoms with Crippen molar-refractivity contribution in [2.24, 2.45) is 5.73 Å². The second-order valence-corrected chi connectivity index (χ2v) is 6.28. The van der Waals surface area contributed by atoms with Gasteiger partial charge in [-0.05, 0) is 52.8 Å². The van der Waals surface area contributed by atoms with E-state index in [9.17, 15) is 4.79 Å². The number of benzene rings is 2. The Morgan fingerprint density at radius 2 is 1.95 bits per heavy atom. The molecule has 0 aromatic heterocycles. The number of hydrogen-bond donors (Lipinski definition) is 2. The zero-order chi connectivity index (χ0) is 15.2. The Balaban J connectivity index is 1.88. The second-order valence-electron chi connectivity index (χ2n) is 4.69. The molecule has 3 nitrogen and oxygen atoms in total. The van der Waals surface area contributed by atoms with Crippen LogP contribution in [-0.2, 0) is 0 Å². The number of halogens is 2. The van der Waals surface area contributed by atoms with Gasteiger partial charge in [-0.15, -0.1) is 0 Å². The van der Waals surface area contributed by atoms with Gasteiger partial charge in [-0.2, -0.15) is 0 Å². The molecule has 1 unspecified atom stereocenters. The summed E-state index contributed by atoms with van der Waals surface area (Å²) in [4.78, 5) is 12.1. The van der Waals surface area contributed by atoms with Crippen LogP contribution in [0.2, 0.25) is 5.02 Å². The fourth-order valence-corrected chi connectivity index (χ4v) is 2.73. The highest BCUT2D eigenvalue weighted by Gasteiger charge is 2.11. The highest BCUT2D eigenvalue weighted by atomic mass is 127. The summed E-state index contributed by atoms with van der Waals surface area (Å²) in [5, 5.41) is 3.44. The Kier molecular flexibility index (Phi) is 6.02. The van der Waals surface area contributed by atoms with E-state index in [0.717, 1.165) is 9.13 Å². The first-order valence-electron chi connectivity index (χ1n) is 6.61. The van der Waals surface area contributed by atoms with E-state index in [1.807, 2.05) is 36.4 Å². The lowest BCUT2D eigenvalue weighted by Gasteiger charge is -2.13. The molecule has 110 valence electrons. The van der Waals surface area contributed by atoms with E-state index in [2.05, 4.69) is 27.9 Å². The predicted molar refractivity (Wildman–Crippen MR) is 94.5 cm³/mol. The minimum Gasteiger partial charge on any atom is -0.352 e. The molecule has 5 heteroatoms. The van der Waals surface area contributed by atoms with E-state index in [-0.39, 0.29) is 11.9 Å². The van der Waals surface area contributed by atoms with Crippen LogP contribution >= 0.6 is 34.2 Å². The molecule has 0 fully saturated rings. The third-order valence-corrected chi connectivity index (χ3v) is 4.32. The number of nitrogens with two attached hydrogens (primary N) is 1. The average molecular weight is 415 g/mol. The second kappa shape index (κ2) is 7.77. The molecule has 3 N–H and O–H groups in total. The van der Waals surface area contributed by atoms with Crippen LogP contribution in [0.5, 0.6) is 0 Å². The van der Waals surface area contributed by atoms with Crippen molar-refractivity contribution in [2.45, 2.75) is 12.5 Å². The van der Waals surface area contributed by atoms with Crippen LogP contribution in [0, 0.1) is 3.57 Å². The van der Waals surface area contributed by atoms with E-state index < -0.39 is 0 Å². The zero-order valence-corrected chi connectivity index (χ0v) is 14.3. The van der Waals surface area contributed by atoms with Crippen molar-refractivity contribution >= 4 is 40.1 Å². The Hall–Kier alpha value is -1.11. The fraction of sp³-hybridized carbons (Fsp3) is 0.188. The van der Waals surface area contributed by atoms with Crippen LogP contribution in [0.4, 0.5) is 0 Å². The van der Waals surface area contributed by atoms with Crippen LogP contribution in [0.25, 0.3) is 0 Å². The Labute approximate surface area is 143 Å². The maximum absolute atomic E-state index is 12.1. The first-order valence-corrected chi connectivity index (χ1v) is 8.07. The van der Waals surface area contributed by atoms with Crippen molar-refractivity contribution in [2.75, 3.05) is 6.54 Å². The van der Waals surface area contributed by atoms with Crippen LogP contribution in [0.15, 0.2) is 48.5 Å². The van der Waals surface area contributed by atoms with Crippen molar-refractivity contribution in [3.63, 3.8) is 0 Å². The minimum atomic E-state index is -0.123. The third kappa shape index (κ3) is 4.69. The van der Waals surface area contributed by atoms with Gasteiger partial charge < -0.3 is 11.1 Å². The fourth-order valence-electron chi connectivity index (χ4n) is 1.97. The molecule has 0 radical (unpaired) electrons. The predicted octanol–water partition coefficient (Wildman–Crippen LogP) is 3.76. The Morgan fingerprint density at radius 1 is 1.24 bits per heavy atom. The monoisotopic (exact) mass is 414 g/mol. The van der Waals surface area contributed by atoms with Crippen molar-refractivity contribution in [3.8, 4) is 0 Å². The molecule has 1 atom stereocenters. The highest BCUT2D eigenvalue weighted by molar-refractivity contribution is 14.1. The van der Waals surface area contributed by atoms with Gasteiger partial charge in [0.25, 0.3) is 5.91 Å². The lowest BCUT2D eigenvalue weighted by Crippen LogP contribution is -2.27. The van der Waals surface area contributed by atoms with Gasteiger partial charge in [-0.3, -0.25) is 4.79 Å². The molecular formula is C16H16ClIN2O. The number of hydrogen-bond acceptors (Lipinski definition) is 2. The largest absolute Gasteiger partial charge is 0.352 e. The normalized spacial score (nSPS) is 12.0. The summed E-state index contributed by atoms with van der Waals surface area (Å²) in [7, 11) is 0. The molecule has 2 rings (SSSR count). The molecule has 0 saturated carbocycles. The SMILES string of the molecule is NC(CCNC(=O)c1cc(Cl)ccc1I)c1ccccc1. The van der Waals surface area contributed by atoms with Gasteiger partial charge in [0.2, 0.25) is 0 Å². The van der Waals surface area contributed by atoms with Gasteiger partial charge in [-0.25, -0.2) is 0 Å². The summed E-state index contributed by atoms with van der Waals surface area (Å²) in [6.07, 6.45) is 0.687. The topological polar surface area (TPSA) is 55.1 Å². The molecule has 0 spiro atoms. The number of carbonyl (C=O) groups is 1. The standard InChI is InChI=1S/C16H16ClIN2O/c17-12-6-7-14(18)13(10-12)16(21)20-9-8-15(19)11-4-2-1-3-5-11/h1-7,10,15H,8-9,19H2,(H,20,21). The summed E-state index contributed by atoms with van der Waals surface area (Å²) in [5.41, 5.74) is 7.77. The lowest BCUT2D eigenvalue weighted by atomic mass is 10.1. The van der Waals surface area contributed by atoms with Crippen LogP contribution in [0.1, 0.15) is 28.4 Å². The van der Waals surface area contributed by atoms with E-state index >= 15 is 0 Å². The van der Waals surface area contributed by atoms with Gasteiger partial charge in [-0.1, -0.05) is 41.9 Å². The molecule has 2 aromatic rings. The molecular weight excluding hydrogens is 399 g/mol. The molecule has 1 amide bonds. The molecule has 0 aliphatic carbocycles. The smallest absolute Gasteiger partial charge is 0.252 e. The molecule has 0 aliphatic rings. The van der Waals surface area contributed by atoms with Crippen molar-refractivity contribution in [1.29, 1.82) is 0 Å². The lowest BCUT2D eigenvalue weighted by molar-refractivity contribution is 0.0951. The van der Waals surface area contributed by atoms with Gasteiger partial charge in [0, 0.05) is 21.2 Å². The molecule has 0 aliphatic heterocycles. The zero-order valence-electron chi connectivity index (χ0n) is 11.4. The van der Waals surface area contributed by atoms with Crippen molar-refractivity contribution in [3.05, 3.63) is 68.3 Å². The summed E-state index contributed by atoms with van der Waals surface area (Å²) in [5.74, 6) is -0.123. The number of nitrogens with one attached hydrogen (secondary N) is 1. The summed E-state index contributed by atoms with van der Waals surface area (Å²) in [6.45, 7) is 0.525. The summed E-state index contributed by atoms with van der Waals surface area (Å²) >= 11 is 8.04. The molecule has 2 aromatic carbocycles. The minimum absolute atomic E-state index is 0.0788. The van der Waals surface area contributed by atoms with E-state index in [4.69, 9.17) is 17.3 Å². The first kappa shape index (κ1) is 16.3. The Bertz CT molecular complexity index is 619. The summed E-state index contributed by atoms with van der Waals surface area (Å²) < 4.78 is 0.877. The molecule has 0 saturated heterocycles. The van der Waals surface area contributed by atoms with Gasteiger partial charge in [0.15, 0.2) is 0 Å². The molecule has 0 heterocycles. The quantitative estimate of drug-likeness (QED) is 0.732. The average Bonchev–Trinajstić information content (AvgIpc) is 2.50. The first-order chi connectivity index (χ1) is 10.1. The maximum Gasteiger partial charge on any atom is 0.252 e. The number of carbonyl (C=O) groups excluding carboxylic acids is 1. The van der Waals surface area contributed by atoms with E-state index in [1.165, 1.54) is 0 Å². The third-order valence-electron chi connectivity index (χ3n) is 3.14. The molecule has 0 bridgehead atoms. The Morgan fingerprint density at radius 3 is 2.67 bits per heavy atom. The van der Waals surface area contributed by atoms with Gasteiger partial charge in [0.1, 0.15) is 0 Å². The van der Waals surface area contributed by atoms with E-state index in [0.29, 0.717) is 23.6 Å². The highest BCUT2D eigenvalue weighted by Crippen LogP contribution is 2.18. The number of amides is 1. The number of rotatable bonds is 5. The van der Waals surface area contributed by atoms with E-state index in [1.54, 1.807) is 12.1 Å². The van der Waals surface area contributed by atoms with Crippen LogP contribution < -0.4 is 11.1 Å². The van der Waals surface area contributed by atoms with Gasteiger partial charge >= 0.3 is 0 Å². The van der Waals surface area contributed by atoms with Crippen molar-refractivity contribution < 1.29 is 4.79 Å². The van der Waals surface area contributed by atoms with Gasteiger partial charge in [0.05, 0.1) is 5.56 Å². The molecule has 21 heavy (non-hydrogen) atoms. The van der Waals surface area contributed by atoms with Crippen molar-refractivity contribution in [1.82, 2.24) is 5.32 Å². The van der Waals surface area contributed by atoms with Crippen LogP contribution in [-0.4, -0.2) is 12.5 Å². The maximum atomic E-state index is 12.1.